The van der Waals surface area contributed by atoms with Gasteiger partial charge in [0.15, 0.2) is 0 Å². The maximum absolute atomic E-state index is 4.24. The zero-order chi connectivity index (χ0) is 12.1. The first-order valence-electron chi connectivity index (χ1n) is 5.67. The second-order valence-electron chi connectivity index (χ2n) is 4.10. The van der Waals surface area contributed by atoms with E-state index in [2.05, 4.69) is 48.6 Å². The van der Waals surface area contributed by atoms with Gasteiger partial charge in [-0.25, -0.2) is 0 Å². The Labute approximate surface area is 102 Å². The normalized spacial score (nSPS) is 10.7. The van der Waals surface area contributed by atoms with Crippen molar-refractivity contribution >= 4 is 11.9 Å². The van der Waals surface area contributed by atoms with Crippen molar-refractivity contribution < 1.29 is 0 Å². The lowest BCUT2D eigenvalue weighted by molar-refractivity contribution is 1.32. The van der Waals surface area contributed by atoms with Gasteiger partial charge in [0.1, 0.15) is 0 Å². The number of anilines is 1. The smallest absolute Gasteiger partial charge is 0.0564 e. The Balaban J connectivity index is 2.06. The molecule has 0 atom stereocenters. The predicted octanol–water partition coefficient (Wildman–Crippen LogP) is 3.75. The molecule has 86 valence electrons. The Bertz CT molecular complexity index is 530. The van der Waals surface area contributed by atoms with Gasteiger partial charge < -0.3 is 0 Å². The van der Waals surface area contributed by atoms with Gasteiger partial charge >= 0.3 is 0 Å². The van der Waals surface area contributed by atoms with E-state index in [1.807, 2.05) is 30.5 Å². The van der Waals surface area contributed by atoms with Crippen molar-refractivity contribution in [2.75, 3.05) is 5.43 Å². The van der Waals surface area contributed by atoms with E-state index in [0.29, 0.717) is 0 Å². The molecule has 1 N–H and O–H groups in total. The van der Waals surface area contributed by atoms with Crippen LogP contribution in [-0.4, -0.2) is 6.21 Å². The third-order valence-electron chi connectivity index (χ3n) is 2.60. The highest BCUT2D eigenvalue weighted by atomic mass is 15.3. The molecule has 0 bridgehead atoms. The van der Waals surface area contributed by atoms with E-state index in [0.717, 1.165) is 11.3 Å². The van der Waals surface area contributed by atoms with Crippen LogP contribution in [0, 0.1) is 13.8 Å². The lowest BCUT2D eigenvalue weighted by Crippen LogP contribution is -1.92. The molecule has 2 aromatic rings. The monoisotopic (exact) mass is 224 g/mol. The van der Waals surface area contributed by atoms with Gasteiger partial charge in [0.05, 0.1) is 11.9 Å². The molecule has 0 aliphatic heterocycles. The second kappa shape index (κ2) is 5.30. The van der Waals surface area contributed by atoms with E-state index in [-0.39, 0.29) is 0 Å². The molecule has 2 nitrogen and oxygen atoms in total. The predicted molar refractivity (Wildman–Crippen MR) is 73.6 cm³/mol. The highest BCUT2D eigenvalue weighted by Gasteiger charge is 1.92. The van der Waals surface area contributed by atoms with Gasteiger partial charge in [0.25, 0.3) is 0 Å². The molecule has 0 heterocycles. The summed E-state index contributed by atoms with van der Waals surface area (Å²) in [5.74, 6) is 0. The molecule has 0 saturated heterocycles. The van der Waals surface area contributed by atoms with Crippen LogP contribution in [0.2, 0.25) is 0 Å². The number of hydrogen-bond acceptors (Lipinski definition) is 2. The van der Waals surface area contributed by atoms with E-state index in [1.165, 1.54) is 11.1 Å². The van der Waals surface area contributed by atoms with Crippen LogP contribution >= 0.6 is 0 Å². The lowest BCUT2D eigenvalue weighted by atomic mass is 10.1. The average molecular weight is 224 g/mol. The Morgan fingerprint density at radius 1 is 1.00 bits per heavy atom. The highest BCUT2D eigenvalue weighted by molar-refractivity contribution is 5.82. The molecule has 17 heavy (non-hydrogen) atoms. The molecule has 0 radical (unpaired) electrons. The number of nitrogens with zero attached hydrogens (tertiary/aromatic N) is 1. The zero-order valence-corrected chi connectivity index (χ0v) is 10.1. The Hall–Kier alpha value is -2.09. The number of hydrazone groups is 1. The van der Waals surface area contributed by atoms with Crippen LogP contribution in [0.15, 0.2) is 53.6 Å². The molecule has 2 aromatic carbocycles. The highest BCUT2D eigenvalue weighted by Crippen LogP contribution is 2.09. The van der Waals surface area contributed by atoms with Crippen LogP contribution in [0.5, 0.6) is 0 Å². The fraction of sp³-hybridized carbons (Fsp3) is 0.133. The van der Waals surface area contributed by atoms with Gasteiger partial charge in [0.2, 0.25) is 0 Å². The lowest BCUT2D eigenvalue weighted by Gasteiger charge is -2.01. The van der Waals surface area contributed by atoms with Gasteiger partial charge in [-0.05, 0) is 42.7 Å². The summed E-state index contributed by atoms with van der Waals surface area (Å²) in [6, 6.07) is 16.3. The fourth-order valence-electron chi connectivity index (χ4n) is 1.62. The van der Waals surface area contributed by atoms with E-state index < -0.39 is 0 Å². The number of benzene rings is 2. The maximum Gasteiger partial charge on any atom is 0.0564 e. The van der Waals surface area contributed by atoms with Crippen molar-refractivity contribution in [3.8, 4) is 0 Å². The fourth-order valence-corrected chi connectivity index (χ4v) is 1.62. The minimum Gasteiger partial charge on any atom is -0.278 e. The zero-order valence-electron chi connectivity index (χ0n) is 10.1. The third kappa shape index (κ3) is 3.18. The Morgan fingerprint density at radius 2 is 1.82 bits per heavy atom. The van der Waals surface area contributed by atoms with Gasteiger partial charge in [-0.3, -0.25) is 5.43 Å². The molecule has 0 aliphatic rings. The first-order valence-corrected chi connectivity index (χ1v) is 5.67. The summed E-state index contributed by atoms with van der Waals surface area (Å²) < 4.78 is 0. The van der Waals surface area contributed by atoms with Crippen LogP contribution in [0.1, 0.15) is 16.7 Å². The molecule has 0 saturated carbocycles. The number of nitrogens with one attached hydrogen (secondary N) is 1. The molecule has 0 spiro atoms. The Morgan fingerprint density at radius 3 is 2.59 bits per heavy atom. The van der Waals surface area contributed by atoms with Crippen LogP contribution in [-0.2, 0) is 0 Å². The summed E-state index contributed by atoms with van der Waals surface area (Å²) >= 11 is 0. The molecule has 2 rings (SSSR count). The molecule has 2 heteroatoms. The summed E-state index contributed by atoms with van der Waals surface area (Å²) in [6.45, 7) is 4.14. The largest absolute Gasteiger partial charge is 0.278 e. The minimum absolute atomic E-state index is 1.01. The molecular formula is C15H16N2. The molecule has 0 amide bonds. The average Bonchev–Trinajstić information content (AvgIpc) is 2.32. The van der Waals surface area contributed by atoms with E-state index in [9.17, 15) is 0 Å². The molecular weight excluding hydrogens is 208 g/mol. The Kier molecular flexibility index (Phi) is 3.55. The summed E-state index contributed by atoms with van der Waals surface area (Å²) in [5.41, 5.74) is 7.62. The van der Waals surface area contributed by atoms with E-state index >= 15 is 0 Å². The molecule has 0 fully saturated rings. The summed E-state index contributed by atoms with van der Waals surface area (Å²) in [5, 5.41) is 4.24. The van der Waals surface area contributed by atoms with Gasteiger partial charge in [-0.1, -0.05) is 36.4 Å². The van der Waals surface area contributed by atoms with E-state index in [4.69, 9.17) is 0 Å². The summed E-state index contributed by atoms with van der Waals surface area (Å²) in [6.07, 6.45) is 1.84. The van der Waals surface area contributed by atoms with Crippen LogP contribution in [0.4, 0.5) is 5.69 Å². The maximum atomic E-state index is 4.24. The van der Waals surface area contributed by atoms with Crippen LogP contribution in [0.25, 0.3) is 0 Å². The SMILES string of the molecule is Cc1cccc(N/N=C/c2ccccc2C)c1. The van der Waals surface area contributed by atoms with Crippen LogP contribution < -0.4 is 5.43 Å². The van der Waals surface area contributed by atoms with Crippen molar-refractivity contribution in [3.05, 3.63) is 65.2 Å². The third-order valence-corrected chi connectivity index (χ3v) is 2.60. The van der Waals surface area contributed by atoms with E-state index in [1.54, 1.807) is 0 Å². The van der Waals surface area contributed by atoms with Gasteiger partial charge in [-0.2, -0.15) is 5.10 Å². The topological polar surface area (TPSA) is 24.4 Å². The first-order chi connectivity index (χ1) is 8.25. The standard InChI is InChI=1S/C15H16N2/c1-12-6-5-9-15(10-12)17-16-11-14-8-4-3-7-13(14)2/h3-11,17H,1-2H3/b16-11+. The van der Waals surface area contributed by atoms with Gasteiger partial charge in [-0.15, -0.1) is 0 Å². The van der Waals surface area contributed by atoms with Gasteiger partial charge in [0, 0.05) is 0 Å². The number of rotatable bonds is 3. The number of hydrogen-bond donors (Lipinski definition) is 1. The summed E-state index contributed by atoms with van der Waals surface area (Å²) in [7, 11) is 0. The second-order valence-corrected chi connectivity index (χ2v) is 4.10. The van der Waals surface area contributed by atoms with Crippen molar-refractivity contribution in [1.29, 1.82) is 0 Å². The first kappa shape index (κ1) is 11.4. The van der Waals surface area contributed by atoms with Crippen LogP contribution in [0.3, 0.4) is 0 Å². The minimum atomic E-state index is 1.01. The quantitative estimate of drug-likeness (QED) is 0.623. The van der Waals surface area contributed by atoms with Crippen molar-refractivity contribution in [3.63, 3.8) is 0 Å². The van der Waals surface area contributed by atoms with Crippen molar-refractivity contribution in [1.82, 2.24) is 0 Å². The molecule has 0 unspecified atom stereocenters. The van der Waals surface area contributed by atoms with Crippen molar-refractivity contribution in [2.24, 2.45) is 5.10 Å². The molecule has 0 aliphatic carbocycles. The van der Waals surface area contributed by atoms with Crippen molar-refractivity contribution in [2.45, 2.75) is 13.8 Å². The number of aryl methyl sites for hydroxylation is 2. The summed E-state index contributed by atoms with van der Waals surface area (Å²) in [4.78, 5) is 0. The molecule has 0 aromatic heterocycles.